The Labute approximate surface area is 117 Å². The molecule has 1 aliphatic heterocycles. The van der Waals surface area contributed by atoms with Gasteiger partial charge in [0.1, 0.15) is 6.61 Å². The first-order valence-electron chi connectivity index (χ1n) is 6.71. The van der Waals surface area contributed by atoms with Crippen molar-refractivity contribution in [2.75, 3.05) is 13.1 Å². The minimum atomic E-state index is -0.755. The maximum atomic E-state index is 12.0. The van der Waals surface area contributed by atoms with Gasteiger partial charge in [-0.15, -0.1) is 0 Å². The van der Waals surface area contributed by atoms with Crippen molar-refractivity contribution in [3.8, 4) is 0 Å². The zero-order chi connectivity index (χ0) is 14.3. The van der Waals surface area contributed by atoms with Crippen LogP contribution in [0.5, 0.6) is 0 Å². The molecule has 1 aromatic rings. The van der Waals surface area contributed by atoms with Gasteiger partial charge in [0.2, 0.25) is 0 Å². The van der Waals surface area contributed by atoms with Crippen molar-refractivity contribution in [2.24, 2.45) is 17.3 Å². The molecule has 0 radical (unpaired) electrons. The fourth-order valence-corrected chi connectivity index (χ4v) is 3.31. The molecular formula is C15H17NO4. The van der Waals surface area contributed by atoms with Crippen LogP contribution in [0.1, 0.15) is 12.5 Å². The van der Waals surface area contributed by atoms with E-state index in [-0.39, 0.29) is 30.0 Å². The minimum absolute atomic E-state index is 0.0734. The van der Waals surface area contributed by atoms with Crippen LogP contribution in [0.3, 0.4) is 0 Å². The van der Waals surface area contributed by atoms with Gasteiger partial charge in [0.25, 0.3) is 0 Å². The number of ether oxygens (including phenoxy) is 1. The number of aliphatic carboxylic acids is 1. The fourth-order valence-electron chi connectivity index (χ4n) is 3.31. The second-order valence-corrected chi connectivity index (χ2v) is 5.85. The second-order valence-electron chi connectivity index (χ2n) is 5.85. The van der Waals surface area contributed by atoms with Crippen LogP contribution in [-0.4, -0.2) is 35.2 Å². The number of likely N-dealkylation sites (tertiary alicyclic amines) is 1. The molecule has 3 rings (SSSR count). The van der Waals surface area contributed by atoms with Crippen LogP contribution >= 0.6 is 0 Å². The predicted octanol–water partition coefficient (Wildman–Crippen LogP) is 1.98. The van der Waals surface area contributed by atoms with E-state index in [9.17, 15) is 9.59 Å². The van der Waals surface area contributed by atoms with Crippen LogP contribution in [0.15, 0.2) is 30.3 Å². The van der Waals surface area contributed by atoms with Crippen LogP contribution in [0.25, 0.3) is 0 Å². The van der Waals surface area contributed by atoms with Crippen molar-refractivity contribution in [1.29, 1.82) is 0 Å². The Morgan fingerprint density at radius 3 is 2.65 bits per heavy atom. The van der Waals surface area contributed by atoms with Crippen molar-refractivity contribution in [2.45, 2.75) is 13.5 Å². The van der Waals surface area contributed by atoms with E-state index in [1.807, 2.05) is 37.3 Å². The third-order valence-corrected chi connectivity index (χ3v) is 4.53. The van der Waals surface area contributed by atoms with Gasteiger partial charge in [-0.3, -0.25) is 4.79 Å². The number of nitrogens with zero attached hydrogens (tertiary/aromatic N) is 1. The topological polar surface area (TPSA) is 66.8 Å². The first kappa shape index (κ1) is 13.0. The molecule has 1 amide bonds. The quantitative estimate of drug-likeness (QED) is 0.916. The Morgan fingerprint density at radius 1 is 1.40 bits per heavy atom. The number of carbonyl (C=O) groups excluding carboxylic acids is 1. The molecule has 106 valence electrons. The van der Waals surface area contributed by atoms with E-state index in [0.29, 0.717) is 13.1 Å². The normalized spacial score (nSPS) is 30.8. The van der Waals surface area contributed by atoms with E-state index in [4.69, 9.17) is 9.84 Å². The van der Waals surface area contributed by atoms with E-state index in [1.54, 1.807) is 4.90 Å². The number of carboxylic acid groups (broad SMARTS) is 1. The number of hydrogen-bond acceptors (Lipinski definition) is 3. The lowest BCUT2D eigenvalue weighted by molar-refractivity contribution is -0.140. The van der Waals surface area contributed by atoms with Crippen molar-refractivity contribution in [1.82, 2.24) is 4.90 Å². The van der Waals surface area contributed by atoms with Gasteiger partial charge in [0.15, 0.2) is 0 Å². The maximum absolute atomic E-state index is 12.0. The van der Waals surface area contributed by atoms with Crippen LogP contribution in [0.2, 0.25) is 0 Å². The molecule has 3 atom stereocenters. The monoisotopic (exact) mass is 275 g/mol. The molecule has 1 saturated heterocycles. The van der Waals surface area contributed by atoms with Gasteiger partial charge in [-0.1, -0.05) is 37.3 Å². The molecule has 5 nitrogen and oxygen atoms in total. The van der Waals surface area contributed by atoms with Gasteiger partial charge < -0.3 is 14.7 Å². The molecule has 1 N–H and O–H groups in total. The summed E-state index contributed by atoms with van der Waals surface area (Å²) in [6, 6.07) is 9.50. The molecule has 1 aromatic carbocycles. The predicted molar refractivity (Wildman–Crippen MR) is 70.9 cm³/mol. The highest BCUT2D eigenvalue weighted by Crippen LogP contribution is 2.62. The largest absolute Gasteiger partial charge is 0.481 e. The van der Waals surface area contributed by atoms with E-state index in [2.05, 4.69) is 0 Å². The molecular weight excluding hydrogens is 258 g/mol. The number of benzene rings is 1. The minimum Gasteiger partial charge on any atom is -0.481 e. The fraction of sp³-hybridized carbons (Fsp3) is 0.467. The Morgan fingerprint density at radius 2 is 2.10 bits per heavy atom. The van der Waals surface area contributed by atoms with Crippen molar-refractivity contribution >= 4 is 12.1 Å². The number of hydrogen-bond donors (Lipinski definition) is 1. The molecule has 1 saturated carbocycles. The third-order valence-electron chi connectivity index (χ3n) is 4.53. The molecule has 0 unspecified atom stereocenters. The highest BCUT2D eigenvalue weighted by molar-refractivity contribution is 5.78. The zero-order valence-electron chi connectivity index (χ0n) is 11.3. The number of amides is 1. The second kappa shape index (κ2) is 4.51. The van der Waals surface area contributed by atoms with Crippen molar-refractivity contribution in [3.05, 3.63) is 35.9 Å². The molecule has 0 aromatic heterocycles. The summed E-state index contributed by atoms with van der Waals surface area (Å²) in [6.07, 6.45) is -0.355. The molecule has 20 heavy (non-hydrogen) atoms. The lowest BCUT2D eigenvalue weighted by Gasteiger charge is -2.20. The third kappa shape index (κ3) is 2.03. The van der Waals surface area contributed by atoms with Crippen LogP contribution in [-0.2, 0) is 16.1 Å². The number of carboxylic acids is 1. The number of carbonyl (C=O) groups is 2. The van der Waals surface area contributed by atoms with Crippen molar-refractivity contribution in [3.63, 3.8) is 0 Å². The molecule has 0 spiro atoms. The molecule has 0 bridgehead atoms. The summed E-state index contributed by atoms with van der Waals surface area (Å²) < 4.78 is 5.26. The van der Waals surface area contributed by atoms with E-state index < -0.39 is 5.97 Å². The van der Waals surface area contributed by atoms with Crippen LogP contribution in [0.4, 0.5) is 4.79 Å². The lowest BCUT2D eigenvalue weighted by atomic mass is 10.1. The summed E-state index contributed by atoms with van der Waals surface area (Å²) in [7, 11) is 0. The van der Waals surface area contributed by atoms with Gasteiger partial charge in [-0.05, 0) is 11.5 Å². The summed E-state index contributed by atoms with van der Waals surface area (Å²) in [5.74, 6) is -0.986. The van der Waals surface area contributed by atoms with Gasteiger partial charge >= 0.3 is 12.1 Å². The van der Waals surface area contributed by atoms with Gasteiger partial charge in [0, 0.05) is 18.5 Å². The van der Waals surface area contributed by atoms with Gasteiger partial charge in [-0.25, -0.2) is 4.79 Å². The lowest BCUT2D eigenvalue weighted by Crippen LogP contribution is -2.34. The summed E-state index contributed by atoms with van der Waals surface area (Å²) >= 11 is 0. The standard InChI is InChI=1S/C15H17NO4/c1-15-9-16(7-11(15)12(15)13(17)18)14(19)20-8-10-5-3-2-4-6-10/h2-6,11-12H,7-9H2,1H3,(H,17,18)/t11-,12+,15-/m0/s1. The highest BCUT2D eigenvalue weighted by Gasteiger charge is 2.70. The zero-order valence-corrected chi connectivity index (χ0v) is 11.3. The van der Waals surface area contributed by atoms with Gasteiger partial charge in [-0.2, -0.15) is 0 Å². The van der Waals surface area contributed by atoms with Gasteiger partial charge in [0.05, 0.1) is 5.92 Å². The van der Waals surface area contributed by atoms with E-state index >= 15 is 0 Å². The Balaban J connectivity index is 1.53. The number of fused-ring (bicyclic) bond motifs is 1. The summed E-state index contributed by atoms with van der Waals surface area (Å²) in [5.41, 5.74) is 0.678. The number of piperidine rings is 1. The average Bonchev–Trinajstić information content (AvgIpc) is 2.85. The smallest absolute Gasteiger partial charge is 0.410 e. The first-order chi connectivity index (χ1) is 9.52. The molecule has 5 heteroatoms. The summed E-state index contributed by atoms with van der Waals surface area (Å²) in [6.45, 7) is 3.14. The summed E-state index contributed by atoms with van der Waals surface area (Å²) in [4.78, 5) is 24.6. The summed E-state index contributed by atoms with van der Waals surface area (Å²) in [5, 5.41) is 9.07. The molecule has 2 fully saturated rings. The van der Waals surface area contributed by atoms with E-state index in [0.717, 1.165) is 5.56 Å². The Bertz CT molecular complexity index is 544. The SMILES string of the molecule is C[C@]12CN(C(=O)OCc3ccccc3)C[C@H]1[C@@H]2C(=O)O. The molecule has 2 aliphatic rings. The average molecular weight is 275 g/mol. The van der Waals surface area contributed by atoms with Crippen molar-refractivity contribution < 1.29 is 19.4 Å². The first-order valence-corrected chi connectivity index (χ1v) is 6.71. The highest BCUT2D eigenvalue weighted by atomic mass is 16.6. The molecule has 1 heterocycles. The van der Waals surface area contributed by atoms with Crippen LogP contribution < -0.4 is 0 Å². The molecule has 1 aliphatic carbocycles. The Kier molecular flexibility index (Phi) is 2.92. The van der Waals surface area contributed by atoms with E-state index in [1.165, 1.54) is 0 Å². The number of rotatable bonds is 3. The van der Waals surface area contributed by atoms with Crippen LogP contribution in [0, 0.1) is 17.3 Å². The maximum Gasteiger partial charge on any atom is 0.410 e. The Hall–Kier alpha value is -2.04.